The third-order valence-corrected chi connectivity index (χ3v) is 2.99. The van der Waals surface area contributed by atoms with Gasteiger partial charge in [0, 0.05) is 0 Å². The van der Waals surface area contributed by atoms with E-state index in [4.69, 9.17) is 9.47 Å². The SMILES string of the molecule is CCCCN1CC(=O)N(COC(=O)OCC(C)C)C(=O)C1. The van der Waals surface area contributed by atoms with Crippen LogP contribution in [0.25, 0.3) is 0 Å². The van der Waals surface area contributed by atoms with E-state index in [9.17, 15) is 14.4 Å². The molecule has 0 saturated carbocycles. The Morgan fingerprint density at radius 3 is 2.33 bits per heavy atom. The van der Waals surface area contributed by atoms with Crippen LogP contribution in [0.4, 0.5) is 4.79 Å². The molecule has 0 unspecified atom stereocenters. The van der Waals surface area contributed by atoms with Gasteiger partial charge in [0.15, 0.2) is 6.73 Å². The highest BCUT2D eigenvalue weighted by Gasteiger charge is 2.31. The van der Waals surface area contributed by atoms with E-state index in [0.717, 1.165) is 24.3 Å². The molecule has 0 aromatic heterocycles. The molecule has 1 aliphatic heterocycles. The van der Waals surface area contributed by atoms with Crippen molar-refractivity contribution < 1.29 is 23.9 Å². The molecule has 21 heavy (non-hydrogen) atoms. The summed E-state index contributed by atoms with van der Waals surface area (Å²) in [4.78, 5) is 37.8. The average Bonchev–Trinajstić information content (AvgIpc) is 2.41. The standard InChI is InChI=1S/C14H24N2O5/c1-4-5-6-15-7-12(17)16(13(18)8-15)10-21-14(19)20-9-11(2)3/h11H,4-10H2,1-3H3. The van der Waals surface area contributed by atoms with Crippen LogP contribution in [0, 0.1) is 5.92 Å². The smallest absolute Gasteiger partial charge is 0.434 e. The number of rotatable bonds is 7. The maximum atomic E-state index is 11.9. The number of piperazine rings is 1. The van der Waals surface area contributed by atoms with Crippen LogP contribution in [0.3, 0.4) is 0 Å². The molecule has 0 radical (unpaired) electrons. The van der Waals surface area contributed by atoms with E-state index in [1.165, 1.54) is 0 Å². The molecule has 1 fully saturated rings. The summed E-state index contributed by atoms with van der Waals surface area (Å²) < 4.78 is 9.61. The number of hydrogen-bond donors (Lipinski definition) is 0. The van der Waals surface area contributed by atoms with Gasteiger partial charge < -0.3 is 9.47 Å². The van der Waals surface area contributed by atoms with Crippen LogP contribution in [0.5, 0.6) is 0 Å². The van der Waals surface area contributed by atoms with Crippen molar-refractivity contribution >= 4 is 18.0 Å². The lowest BCUT2D eigenvalue weighted by Gasteiger charge is -2.31. The average molecular weight is 300 g/mol. The fourth-order valence-electron chi connectivity index (χ4n) is 1.83. The first-order chi connectivity index (χ1) is 9.93. The summed E-state index contributed by atoms with van der Waals surface area (Å²) in [5.74, 6) is -0.499. The van der Waals surface area contributed by atoms with Crippen molar-refractivity contribution in [2.24, 2.45) is 5.92 Å². The Morgan fingerprint density at radius 2 is 1.81 bits per heavy atom. The first-order valence-electron chi connectivity index (χ1n) is 7.29. The predicted molar refractivity (Wildman–Crippen MR) is 75.3 cm³/mol. The molecule has 0 bridgehead atoms. The van der Waals surface area contributed by atoms with Crippen molar-refractivity contribution in [1.29, 1.82) is 0 Å². The molecule has 1 heterocycles. The number of unbranched alkanes of at least 4 members (excludes halogenated alkanes) is 1. The first kappa shape index (κ1) is 17.4. The van der Waals surface area contributed by atoms with E-state index < -0.39 is 6.16 Å². The van der Waals surface area contributed by atoms with Gasteiger partial charge in [-0.1, -0.05) is 27.2 Å². The van der Waals surface area contributed by atoms with Gasteiger partial charge in [-0.25, -0.2) is 9.69 Å². The molecular weight excluding hydrogens is 276 g/mol. The molecule has 7 heteroatoms. The molecule has 2 amide bonds. The molecule has 0 aliphatic carbocycles. The molecule has 1 saturated heterocycles. The number of imide groups is 1. The van der Waals surface area contributed by atoms with E-state index in [1.54, 1.807) is 0 Å². The van der Waals surface area contributed by atoms with Crippen LogP contribution in [0.1, 0.15) is 33.6 Å². The molecular formula is C14H24N2O5. The van der Waals surface area contributed by atoms with Crippen molar-refractivity contribution in [1.82, 2.24) is 9.80 Å². The van der Waals surface area contributed by atoms with Gasteiger partial charge >= 0.3 is 6.16 Å². The van der Waals surface area contributed by atoms with Gasteiger partial charge in [0.1, 0.15) is 0 Å². The monoisotopic (exact) mass is 300 g/mol. The quantitative estimate of drug-likeness (QED) is 0.520. The number of carbonyl (C=O) groups is 3. The van der Waals surface area contributed by atoms with E-state index in [0.29, 0.717) is 0 Å². The van der Waals surface area contributed by atoms with Gasteiger partial charge in [-0.3, -0.25) is 14.5 Å². The van der Waals surface area contributed by atoms with E-state index in [-0.39, 0.29) is 44.2 Å². The van der Waals surface area contributed by atoms with Crippen LogP contribution in [-0.2, 0) is 19.1 Å². The Balaban J connectivity index is 2.37. The topological polar surface area (TPSA) is 76.2 Å². The Bertz CT molecular complexity index is 366. The van der Waals surface area contributed by atoms with E-state index in [2.05, 4.69) is 6.92 Å². The molecule has 1 rings (SSSR count). The Morgan fingerprint density at radius 1 is 1.19 bits per heavy atom. The summed E-state index contributed by atoms with van der Waals surface area (Å²) in [6.07, 6.45) is 1.09. The number of carbonyl (C=O) groups excluding carboxylic acids is 3. The Kier molecular flexibility index (Phi) is 7.14. The summed E-state index contributed by atoms with van der Waals surface area (Å²) in [5, 5.41) is 0. The number of ether oxygens (including phenoxy) is 2. The molecule has 0 spiro atoms. The maximum absolute atomic E-state index is 11.9. The normalized spacial score (nSPS) is 16.5. The van der Waals surface area contributed by atoms with E-state index >= 15 is 0 Å². The third kappa shape index (κ3) is 6.12. The number of nitrogens with zero attached hydrogens (tertiary/aromatic N) is 2. The lowest BCUT2D eigenvalue weighted by Crippen LogP contribution is -2.54. The van der Waals surface area contributed by atoms with Crippen molar-refractivity contribution in [3.63, 3.8) is 0 Å². The highest BCUT2D eigenvalue weighted by atomic mass is 16.7. The minimum absolute atomic E-state index is 0.177. The zero-order chi connectivity index (χ0) is 15.8. The number of hydrogen-bond acceptors (Lipinski definition) is 6. The highest BCUT2D eigenvalue weighted by molar-refractivity contribution is 5.99. The Labute approximate surface area is 125 Å². The van der Waals surface area contributed by atoms with Gasteiger partial charge in [0.05, 0.1) is 19.7 Å². The minimum atomic E-state index is -0.863. The number of amides is 2. The van der Waals surface area contributed by atoms with Crippen molar-refractivity contribution in [2.45, 2.75) is 33.6 Å². The second-order valence-corrected chi connectivity index (χ2v) is 5.51. The van der Waals surface area contributed by atoms with Crippen molar-refractivity contribution in [3.05, 3.63) is 0 Å². The van der Waals surface area contributed by atoms with Crippen LogP contribution >= 0.6 is 0 Å². The maximum Gasteiger partial charge on any atom is 0.510 e. The second kappa shape index (κ2) is 8.61. The summed E-state index contributed by atoms with van der Waals surface area (Å²) in [6.45, 7) is 6.79. The summed E-state index contributed by atoms with van der Waals surface area (Å²) >= 11 is 0. The van der Waals surface area contributed by atoms with Gasteiger partial charge in [0.2, 0.25) is 11.8 Å². The molecule has 0 N–H and O–H groups in total. The van der Waals surface area contributed by atoms with Crippen LogP contribution < -0.4 is 0 Å². The van der Waals surface area contributed by atoms with Gasteiger partial charge in [-0.05, 0) is 18.9 Å². The van der Waals surface area contributed by atoms with Crippen molar-refractivity contribution in [3.8, 4) is 0 Å². The molecule has 0 atom stereocenters. The summed E-state index contributed by atoms with van der Waals surface area (Å²) in [7, 11) is 0. The van der Waals surface area contributed by atoms with Crippen LogP contribution in [-0.4, -0.2) is 60.7 Å². The third-order valence-electron chi connectivity index (χ3n) is 2.99. The highest BCUT2D eigenvalue weighted by Crippen LogP contribution is 2.07. The molecule has 1 aliphatic rings. The fraction of sp³-hybridized carbons (Fsp3) is 0.786. The molecule has 0 aromatic carbocycles. The van der Waals surface area contributed by atoms with Crippen LogP contribution in [0.2, 0.25) is 0 Å². The second-order valence-electron chi connectivity index (χ2n) is 5.51. The molecule has 0 aromatic rings. The largest absolute Gasteiger partial charge is 0.510 e. The van der Waals surface area contributed by atoms with Crippen LogP contribution in [0.15, 0.2) is 0 Å². The van der Waals surface area contributed by atoms with Crippen molar-refractivity contribution in [2.75, 3.05) is 33.0 Å². The zero-order valence-corrected chi connectivity index (χ0v) is 13.0. The lowest BCUT2D eigenvalue weighted by atomic mass is 10.2. The van der Waals surface area contributed by atoms with Gasteiger partial charge in [-0.15, -0.1) is 0 Å². The Hall–Kier alpha value is -1.63. The predicted octanol–water partition coefficient (Wildman–Crippen LogP) is 1.22. The van der Waals surface area contributed by atoms with Gasteiger partial charge in [-0.2, -0.15) is 0 Å². The molecule has 120 valence electrons. The molecule has 7 nitrogen and oxygen atoms in total. The van der Waals surface area contributed by atoms with Gasteiger partial charge in [0.25, 0.3) is 0 Å². The minimum Gasteiger partial charge on any atom is -0.434 e. The first-order valence-corrected chi connectivity index (χ1v) is 7.29. The fourth-order valence-corrected chi connectivity index (χ4v) is 1.83. The lowest BCUT2D eigenvalue weighted by molar-refractivity contribution is -0.156. The zero-order valence-electron chi connectivity index (χ0n) is 13.0. The van der Waals surface area contributed by atoms with E-state index in [1.807, 2.05) is 18.7 Å². The summed E-state index contributed by atoms with van der Waals surface area (Å²) in [5.41, 5.74) is 0. The summed E-state index contributed by atoms with van der Waals surface area (Å²) in [6, 6.07) is 0.